The van der Waals surface area contributed by atoms with Gasteiger partial charge in [0.1, 0.15) is 0 Å². The van der Waals surface area contributed by atoms with E-state index in [1.807, 2.05) is 4.90 Å². The number of carbonyl (C=O) groups is 1. The van der Waals surface area contributed by atoms with Gasteiger partial charge < -0.3 is 10.6 Å². The van der Waals surface area contributed by atoms with Crippen molar-refractivity contribution in [3.05, 3.63) is 0 Å². The van der Waals surface area contributed by atoms with Crippen molar-refractivity contribution < 1.29 is 4.79 Å². The quantitative estimate of drug-likeness (QED) is 0.795. The third kappa shape index (κ3) is 2.16. The Morgan fingerprint density at radius 3 is 2.11 bits per heavy atom. The van der Waals surface area contributed by atoms with Gasteiger partial charge in [-0.15, -0.1) is 0 Å². The van der Waals surface area contributed by atoms with Gasteiger partial charge in [-0.1, -0.05) is 19.3 Å². The van der Waals surface area contributed by atoms with Crippen LogP contribution in [0.15, 0.2) is 0 Å². The fourth-order valence-corrected chi connectivity index (χ4v) is 3.58. The molecule has 0 bridgehead atoms. The van der Waals surface area contributed by atoms with E-state index in [4.69, 9.17) is 5.73 Å². The number of rotatable bonds is 2. The zero-order valence-corrected chi connectivity index (χ0v) is 11.2. The first-order chi connectivity index (χ1) is 8.69. The second-order valence-corrected chi connectivity index (χ2v) is 6.28. The minimum absolute atomic E-state index is 0.216. The van der Waals surface area contributed by atoms with E-state index in [2.05, 4.69) is 4.90 Å². The number of nitrogens with zero attached hydrogens (tertiary/aromatic N) is 2. The second-order valence-electron chi connectivity index (χ2n) is 6.28. The summed E-state index contributed by atoms with van der Waals surface area (Å²) in [5.41, 5.74) is 5.73. The second kappa shape index (κ2) is 4.82. The predicted molar refractivity (Wildman–Crippen MR) is 71.2 cm³/mol. The van der Waals surface area contributed by atoms with Gasteiger partial charge in [0.15, 0.2) is 0 Å². The Balaban J connectivity index is 1.54. The van der Waals surface area contributed by atoms with Crippen molar-refractivity contribution in [3.63, 3.8) is 0 Å². The van der Waals surface area contributed by atoms with Gasteiger partial charge in [-0.05, 0) is 25.7 Å². The third-order valence-electron chi connectivity index (χ3n) is 5.11. The van der Waals surface area contributed by atoms with Gasteiger partial charge in [0.25, 0.3) is 0 Å². The van der Waals surface area contributed by atoms with Crippen LogP contribution >= 0.6 is 0 Å². The fraction of sp³-hybridized carbons (Fsp3) is 0.929. The molecule has 2 N–H and O–H groups in total. The van der Waals surface area contributed by atoms with Crippen LogP contribution in [0.5, 0.6) is 0 Å². The Morgan fingerprint density at radius 1 is 1.00 bits per heavy atom. The van der Waals surface area contributed by atoms with Crippen molar-refractivity contribution >= 4 is 5.91 Å². The molecule has 1 heterocycles. The van der Waals surface area contributed by atoms with Crippen LogP contribution in [0.25, 0.3) is 0 Å². The first-order valence-electron chi connectivity index (χ1n) is 7.51. The van der Waals surface area contributed by atoms with Crippen LogP contribution in [0.3, 0.4) is 0 Å². The molecule has 0 aromatic heterocycles. The van der Waals surface area contributed by atoms with Gasteiger partial charge >= 0.3 is 0 Å². The lowest BCUT2D eigenvalue weighted by Gasteiger charge is -2.44. The lowest BCUT2D eigenvalue weighted by Crippen LogP contribution is -2.60. The smallest absolute Gasteiger partial charge is 0.242 e. The van der Waals surface area contributed by atoms with Gasteiger partial charge in [-0.3, -0.25) is 9.69 Å². The third-order valence-corrected chi connectivity index (χ3v) is 5.11. The van der Waals surface area contributed by atoms with E-state index in [9.17, 15) is 4.79 Å². The summed E-state index contributed by atoms with van der Waals surface area (Å²) in [6, 6.07) is 0.806. The lowest BCUT2D eigenvalue weighted by atomic mass is 9.91. The molecule has 0 radical (unpaired) electrons. The van der Waals surface area contributed by atoms with Crippen molar-refractivity contribution in [2.75, 3.05) is 26.2 Å². The van der Waals surface area contributed by atoms with Crippen molar-refractivity contribution in [2.45, 2.75) is 56.5 Å². The Hall–Kier alpha value is -0.610. The normalized spacial score (nSPS) is 29.3. The van der Waals surface area contributed by atoms with E-state index in [-0.39, 0.29) is 5.91 Å². The molecule has 102 valence electrons. The number of nitrogens with two attached hydrogens (primary N) is 1. The maximum Gasteiger partial charge on any atom is 0.242 e. The Morgan fingerprint density at radius 2 is 1.61 bits per heavy atom. The molecule has 1 amide bonds. The molecule has 3 aliphatic rings. The van der Waals surface area contributed by atoms with Crippen molar-refractivity contribution in [1.29, 1.82) is 0 Å². The zero-order chi connectivity index (χ0) is 12.6. The van der Waals surface area contributed by atoms with Crippen LogP contribution in [-0.4, -0.2) is 53.5 Å². The molecule has 18 heavy (non-hydrogen) atoms. The van der Waals surface area contributed by atoms with Gasteiger partial charge in [-0.2, -0.15) is 0 Å². The number of amides is 1. The van der Waals surface area contributed by atoms with Gasteiger partial charge in [0, 0.05) is 32.2 Å². The van der Waals surface area contributed by atoms with E-state index >= 15 is 0 Å². The SMILES string of the molecule is NC1(C(=O)N2CCN(C3CCC3)CC2)CCCC1. The molecule has 2 saturated carbocycles. The zero-order valence-electron chi connectivity index (χ0n) is 11.2. The molecule has 4 heteroatoms. The number of piperazine rings is 1. The highest BCUT2D eigenvalue weighted by Gasteiger charge is 2.41. The van der Waals surface area contributed by atoms with E-state index in [0.29, 0.717) is 0 Å². The summed E-state index contributed by atoms with van der Waals surface area (Å²) in [5.74, 6) is 0.216. The highest BCUT2D eigenvalue weighted by Crippen LogP contribution is 2.30. The maximum absolute atomic E-state index is 12.5. The van der Waals surface area contributed by atoms with E-state index < -0.39 is 5.54 Å². The highest BCUT2D eigenvalue weighted by atomic mass is 16.2. The summed E-state index contributed by atoms with van der Waals surface area (Å²) >= 11 is 0. The number of carbonyl (C=O) groups excluding carboxylic acids is 1. The summed E-state index contributed by atoms with van der Waals surface area (Å²) in [5, 5.41) is 0. The predicted octanol–water partition coefficient (Wildman–Crippen LogP) is 0.955. The molecule has 0 atom stereocenters. The first-order valence-corrected chi connectivity index (χ1v) is 7.51. The highest BCUT2D eigenvalue weighted by molar-refractivity contribution is 5.86. The number of hydrogen-bond donors (Lipinski definition) is 1. The van der Waals surface area contributed by atoms with Gasteiger partial charge in [0.2, 0.25) is 5.91 Å². The van der Waals surface area contributed by atoms with Crippen molar-refractivity contribution in [2.24, 2.45) is 5.73 Å². The minimum atomic E-state index is -0.529. The van der Waals surface area contributed by atoms with Crippen LogP contribution < -0.4 is 5.73 Å². The average Bonchev–Trinajstić information content (AvgIpc) is 2.75. The monoisotopic (exact) mass is 251 g/mol. The van der Waals surface area contributed by atoms with Gasteiger partial charge in [-0.25, -0.2) is 0 Å². The molecule has 0 spiro atoms. The summed E-state index contributed by atoms with van der Waals surface area (Å²) in [6.45, 7) is 3.86. The Bertz CT molecular complexity index is 313. The summed E-state index contributed by atoms with van der Waals surface area (Å²) in [6.07, 6.45) is 8.09. The van der Waals surface area contributed by atoms with Crippen molar-refractivity contribution in [3.8, 4) is 0 Å². The molecular formula is C14H25N3O. The molecule has 3 rings (SSSR count). The summed E-state index contributed by atoms with van der Waals surface area (Å²) in [7, 11) is 0. The Labute approximate surface area is 109 Å². The van der Waals surface area contributed by atoms with Crippen LogP contribution in [0.1, 0.15) is 44.9 Å². The minimum Gasteiger partial charge on any atom is -0.339 e. The van der Waals surface area contributed by atoms with Crippen molar-refractivity contribution in [1.82, 2.24) is 9.80 Å². The molecule has 4 nitrogen and oxygen atoms in total. The van der Waals surface area contributed by atoms with E-state index in [0.717, 1.165) is 57.9 Å². The molecule has 1 saturated heterocycles. The summed E-state index contributed by atoms with van der Waals surface area (Å²) in [4.78, 5) is 17.0. The van der Waals surface area contributed by atoms with E-state index in [1.54, 1.807) is 0 Å². The van der Waals surface area contributed by atoms with E-state index in [1.165, 1.54) is 19.3 Å². The molecule has 0 aromatic rings. The Kier molecular flexibility index (Phi) is 3.32. The standard InChI is InChI=1S/C14H25N3O/c15-14(6-1-2-7-14)13(18)17-10-8-16(9-11-17)12-4-3-5-12/h12H,1-11,15H2. The lowest BCUT2D eigenvalue weighted by molar-refractivity contribution is -0.139. The largest absolute Gasteiger partial charge is 0.339 e. The molecule has 2 aliphatic carbocycles. The molecule has 0 unspecified atom stereocenters. The fourth-order valence-electron chi connectivity index (χ4n) is 3.58. The van der Waals surface area contributed by atoms with Crippen LogP contribution in [0.2, 0.25) is 0 Å². The number of hydrogen-bond acceptors (Lipinski definition) is 3. The average molecular weight is 251 g/mol. The molecule has 1 aliphatic heterocycles. The summed E-state index contributed by atoms with van der Waals surface area (Å²) < 4.78 is 0. The van der Waals surface area contributed by atoms with Crippen LogP contribution in [-0.2, 0) is 4.79 Å². The molecule has 0 aromatic carbocycles. The van der Waals surface area contributed by atoms with Gasteiger partial charge in [0.05, 0.1) is 5.54 Å². The molecular weight excluding hydrogens is 226 g/mol. The van der Waals surface area contributed by atoms with Crippen LogP contribution in [0, 0.1) is 0 Å². The topological polar surface area (TPSA) is 49.6 Å². The van der Waals surface area contributed by atoms with Crippen LogP contribution in [0.4, 0.5) is 0 Å². The first kappa shape index (κ1) is 12.4. The molecule has 3 fully saturated rings. The maximum atomic E-state index is 12.5.